The molecule has 1 aromatic rings. The van der Waals surface area contributed by atoms with E-state index in [1.54, 1.807) is 7.11 Å². The first-order valence-electron chi connectivity index (χ1n) is 8.78. The Bertz CT molecular complexity index is 562. The van der Waals surface area contributed by atoms with Crippen molar-refractivity contribution in [2.75, 3.05) is 13.7 Å². The highest BCUT2D eigenvalue weighted by Crippen LogP contribution is 2.32. The van der Waals surface area contributed by atoms with E-state index in [9.17, 15) is 4.79 Å². The van der Waals surface area contributed by atoms with Crippen LogP contribution in [-0.2, 0) is 4.79 Å². The maximum absolute atomic E-state index is 12.8. The molecule has 0 radical (unpaired) electrons. The molecule has 2 rings (SSSR count). The third-order valence-electron chi connectivity index (χ3n) is 4.59. The van der Waals surface area contributed by atoms with Crippen molar-refractivity contribution >= 4 is 17.5 Å². The summed E-state index contributed by atoms with van der Waals surface area (Å²) >= 11 is 6.18. The van der Waals surface area contributed by atoms with Gasteiger partial charge in [0, 0.05) is 22.5 Å². The monoisotopic (exact) mass is 352 g/mol. The van der Waals surface area contributed by atoms with Crippen LogP contribution >= 0.6 is 11.6 Å². The fourth-order valence-corrected chi connectivity index (χ4v) is 3.55. The van der Waals surface area contributed by atoms with Crippen LogP contribution in [0.1, 0.15) is 51.6 Å². The lowest BCUT2D eigenvalue weighted by Gasteiger charge is -2.30. The Morgan fingerprint density at radius 2 is 2.21 bits per heavy atom. The molecule has 24 heavy (non-hydrogen) atoms. The summed E-state index contributed by atoms with van der Waals surface area (Å²) in [5.41, 5.74) is 0.953. The Hall–Kier alpha value is -1.26. The minimum absolute atomic E-state index is 0.0705. The predicted octanol–water partition coefficient (Wildman–Crippen LogP) is 3.94. The van der Waals surface area contributed by atoms with Crippen LogP contribution in [0.25, 0.3) is 0 Å². The van der Waals surface area contributed by atoms with Crippen LogP contribution in [0.5, 0.6) is 5.75 Å². The van der Waals surface area contributed by atoms with Gasteiger partial charge in [0.25, 0.3) is 0 Å². The van der Waals surface area contributed by atoms with Crippen LogP contribution in [0.15, 0.2) is 18.2 Å². The zero-order valence-corrected chi connectivity index (χ0v) is 15.8. The van der Waals surface area contributed by atoms with E-state index in [0.29, 0.717) is 17.0 Å². The number of hydrogen-bond donors (Lipinski definition) is 2. The minimum atomic E-state index is -0.0867. The molecule has 1 heterocycles. The summed E-state index contributed by atoms with van der Waals surface area (Å²) in [4.78, 5) is 12.8. The molecule has 5 heteroatoms. The molecule has 1 amide bonds. The van der Waals surface area contributed by atoms with E-state index < -0.39 is 0 Å². The van der Waals surface area contributed by atoms with Crippen LogP contribution in [0.3, 0.4) is 0 Å². The topological polar surface area (TPSA) is 50.4 Å². The first-order valence-corrected chi connectivity index (χ1v) is 9.15. The van der Waals surface area contributed by atoms with Gasteiger partial charge in [-0.15, -0.1) is 0 Å². The molecule has 2 N–H and O–H groups in total. The molecule has 1 aliphatic rings. The minimum Gasteiger partial charge on any atom is -0.496 e. The summed E-state index contributed by atoms with van der Waals surface area (Å²) in [7, 11) is 1.65. The van der Waals surface area contributed by atoms with Crippen LogP contribution in [0, 0.1) is 11.8 Å². The summed E-state index contributed by atoms with van der Waals surface area (Å²) in [5, 5.41) is 7.30. The zero-order chi connectivity index (χ0) is 17.7. The number of rotatable bonds is 6. The fourth-order valence-electron chi connectivity index (χ4n) is 3.37. The molecule has 1 unspecified atom stereocenters. The van der Waals surface area contributed by atoms with E-state index >= 15 is 0 Å². The van der Waals surface area contributed by atoms with E-state index in [1.807, 2.05) is 18.2 Å². The van der Waals surface area contributed by atoms with Crippen LogP contribution in [0.2, 0.25) is 5.02 Å². The second-order valence-corrected chi connectivity index (χ2v) is 7.59. The first kappa shape index (κ1) is 19.1. The molecule has 0 bridgehead atoms. The average molecular weight is 353 g/mol. The second-order valence-electron chi connectivity index (χ2n) is 7.15. The lowest BCUT2D eigenvalue weighted by Crippen LogP contribution is -2.43. The molecule has 1 aliphatic heterocycles. The maximum Gasteiger partial charge on any atom is 0.223 e. The van der Waals surface area contributed by atoms with Crippen molar-refractivity contribution in [3.05, 3.63) is 28.8 Å². The number of carbonyl (C=O) groups is 1. The van der Waals surface area contributed by atoms with Gasteiger partial charge >= 0.3 is 0 Å². The zero-order valence-electron chi connectivity index (χ0n) is 15.1. The van der Waals surface area contributed by atoms with Crippen molar-refractivity contribution in [1.29, 1.82) is 0 Å². The van der Waals surface area contributed by atoms with E-state index in [2.05, 4.69) is 31.4 Å². The van der Waals surface area contributed by atoms with Crippen LogP contribution in [0.4, 0.5) is 0 Å². The molecule has 4 nitrogen and oxygen atoms in total. The van der Waals surface area contributed by atoms with Gasteiger partial charge in [0.05, 0.1) is 13.2 Å². The van der Waals surface area contributed by atoms with E-state index in [4.69, 9.17) is 16.3 Å². The predicted molar refractivity (Wildman–Crippen MR) is 98.5 cm³/mol. The van der Waals surface area contributed by atoms with Gasteiger partial charge < -0.3 is 15.4 Å². The fraction of sp³-hybridized carbons (Fsp3) is 0.632. The number of amides is 1. The van der Waals surface area contributed by atoms with Gasteiger partial charge in [0.2, 0.25) is 5.91 Å². The second kappa shape index (κ2) is 8.72. The quantitative estimate of drug-likeness (QED) is 0.815. The highest BCUT2D eigenvalue weighted by Gasteiger charge is 2.28. The first-order chi connectivity index (χ1) is 11.4. The van der Waals surface area contributed by atoms with Crippen LogP contribution < -0.4 is 15.4 Å². The molecular formula is C19H29ClN2O2. The lowest BCUT2D eigenvalue weighted by atomic mass is 9.90. The molecule has 0 saturated carbocycles. The highest BCUT2D eigenvalue weighted by molar-refractivity contribution is 6.30. The number of hydrogen-bond acceptors (Lipinski definition) is 3. The standard InChI is InChI=1S/C19H29ClN2O2/c1-12(2)9-17(16-11-15(20)5-6-18(16)24-4)22-19(23)14-7-8-21-13(3)10-14/h5-6,11-14,17,21H,7-10H2,1-4H3,(H,22,23)/t13-,14-,17?/m0/s1. The molecule has 1 fully saturated rings. The summed E-state index contributed by atoms with van der Waals surface area (Å²) < 4.78 is 5.49. The van der Waals surface area contributed by atoms with Crippen molar-refractivity contribution in [2.24, 2.45) is 11.8 Å². The van der Waals surface area contributed by atoms with Crippen molar-refractivity contribution in [1.82, 2.24) is 10.6 Å². The summed E-state index contributed by atoms with van der Waals surface area (Å²) in [6.07, 6.45) is 2.62. The SMILES string of the molecule is COc1ccc(Cl)cc1C(CC(C)C)NC(=O)[C@H]1CCN[C@@H](C)C1. The smallest absolute Gasteiger partial charge is 0.223 e. The molecule has 0 spiro atoms. The van der Waals surface area contributed by atoms with E-state index in [0.717, 1.165) is 37.1 Å². The molecule has 1 saturated heterocycles. The van der Waals surface area contributed by atoms with E-state index in [1.165, 1.54) is 0 Å². The van der Waals surface area contributed by atoms with Crippen molar-refractivity contribution in [3.63, 3.8) is 0 Å². The number of benzene rings is 1. The Kier molecular flexibility index (Phi) is 6.93. The molecule has 134 valence electrons. The Balaban J connectivity index is 2.19. The van der Waals surface area contributed by atoms with Gasteiger partial charge in [0.1, 0.15) is 5.75 Å². The summed E-state index contributed by atoms with van der Waals surface area (Å²) in [5.74, 6) is 1.42. The Morgan fingerprint density at radius 3 is 2.83 bits per heavy atom. The highest BCUT2D eigenvalue weighted by atomic mass is 35.5. The third-order valence-corrected chi connectivity index (χ3v) is 4.82. The van der Waals surface area contributed by atoms with Gasteiger partial charge in [0.15, 0.2) is 0 Å². The average Bonchev–Trinajstić information content (AvgIpc) is 2.53. The number of ether oxygens (including phenoxy) is 1. The van der Waals surface area contributed by atoms with E-state index in [-0.39, 0.29) is 17.9 Å². The number of carbonyl (C=O) groups excluding carboxylic acids is 1. The van der Waals surface area contributed by atoms with Gasteiger partial charge in [-0.1, -0.05) is 25.4 Å². The number of methoxy groups -OCH3 is 1. The summed E-state index contributed by atoms with van der Waals surface area (Å²) in [6.45, 7) is 7.34. The van der Waals surface area contributed by atoms with Gasteiger partial charge in [-0.25, -0.2) is 0 Å². The molecule has 3 atom stereocenters. The number of halogens is 1. The lowest BCUT2D eigenvalue weighted by molar-refractivity contribution is -0.127. The van der Waals surface area contributed by atoms with Crippen LogP contribution in [-0.4, -0.2) is 25.6 Å². The molecule has 0 aliphatic carbocycles. The molecule has 1 aromatic carbocycles. The third kappa shape index (κ3) is 5.12. The molecule has 0 aromatic heterocycles. The normalized spacial score (nSPS) is 22.2. The van der Waals surface area contributed by atoms with Gasteiger partial charge in [-0.2, -0.15) is 0 Å². The maximum atomic E-state index is 12.8. The Morgan fingerprint density at radius 1 is 1.46 bits per heavy atom. The van der Waals surface area contributed by atoms with Crippen molar-refractivity contribution in [2.45, 2.75) is 52.1 Å². The summed E-state index contributed by atoms with van der Waals surface area (Å²) in [6, 6.07) is 5.88. The molecular weight excluding hydrogens is 324 g/mol. The van der Waals surface area contributed by atoms with Crippen molar-refractivity contribution in [3.8, 4) is 5.75 Å². The van der Waals surface area contributed by atoms with Gasteiger partial charge in [-0.3, -0.25) is 4.79 Å². The number of nitrogens with one attached hydrogen (secondary N) is 2. The Labute approximate surface area is 150 Å². The number of piperidine rings is 1. The van der Waals surface area contributed by atoms with Crippen molar-refractivity contribution < 1.29 is 9.53 Å². The van der Waals surface area contributed by atoms with Gasteiger partial charge in [-0.05, 0) is 56.8 Å². The largest absolute Gasteiger partial charge is 0.496 e.